The van der Waals surface area contributed by atoms with Gasteiger partial charge in [0.15, 0.2) is 6.10 Å². The minimum atomic E-state index is -5.00. The number of nitrogens with zero attached hydrogens (tertiary/aromatic N) is 4. The van der Waals surface area contributed by atoms with Crippen LogP contribution in [0.1, 0.15) is 19.9 Å². The first-order valence-electron chi connectivity index (χ1n) is 12.3. The number of amides is 1. The number of fused-ring (bicyclic) bond motifs is 1. The second-order valence-corrected chi connectivity index (χ2v) is 9.25. The molecule has 1 atom stereocenters. The molecule has 0 aliphatic carbocycles. The van der Waals surface area contributed by atoms with E-state index in [2.05, 4.69) is 20.2 Å². The molecule has 1 N–H and O–H groups in total. The van der Waals surface area contributed by atoms with Crippen molar-refractivity contribution in [1.29, 1.82) is 0 Å². The molecule has 42 heavy (non-hydrogen) atoms. The van der Waals surface area contributed by atoms with Crippen LogP contribution in [0.4, 0.5) is 26.3 Å². The molecule has 1 fully saturated rings. The monoisotopic (exact) mass is 619 g/mol. The quantitative estimate of drug-likeness (QED) is 0.259. The van der Waals surface area contributed by atoms with E-state index >= 15 is 0 Å². The van der Waals surface area contributed by atoms with Gasteiger partial charge in [0.05, 0.1) is 5.56 Å². The van der Waals surface area contributed by atoms with Crippen LogP contribution in [0.2, 0.25) is 0 Å². The Morgan fingerprint density at radius 1 is 1.10 bits per heavy atom. The number of carbonyl (C=O) groups is 1. The van der Waals surface area contributed by atoms with Crippen LogP contribution in [0.25, 0.3) is 33.7 Å². The van der Waals surface area contributed by atoms with Gasteiger partial charge in [0.1, 0.15) is 12.3 Å². The lowest BCUT2D eigenvalue weighted by Crippen LogP contribution is -2.47. The number of hydrogen-bond acceptors (Lipinski definition) is 6. The van der Waals surface area contributed by atoms with E-state index in [4.69, 9.17) is 4.52 Å². The average Bonchev–Trinajstić information content (AvgIpc) is 3.56. The lowest BCUT2D eigenvalue weighted by molar-refractivity contribution is -0.191. The van der Waals surface area contributed by atoms with Gasteiger partial charge >= 0.3 is 12.4 Å². The summed E-state index contributed by atoms with van der Waals surface area (Å²) in [4.78, 5) is 18.8. The van der Waals surface area contributed by atoms with Crippen molar-refractivity contribution in [3.05, 3.63) is 54.2 Å². The molecular weight excluding hydrogens is 592 g/mol. The van der Waals surface area contributed by atoms with Gasteiger partial charge < -0.3 is 24.0 Å². The Hall–Kier alpha value is -3.78. The Labute approximate surface area is 243 Å². The molecule has 2 aromatic carbocycles. The molecule has 0 unspecified atom stereocenters. The topological polar surface area (TPSA) is 85.4 Å². The second kappa shape index (κ2) is 12.6. The molecule has 228 valence electrons. The number of halogens is 7. The summed E-state index contributed by atoms with van der Waals surface area (Å²) < 4.78 is 91.3. The van der Waals surface area contributed by atoms with Crippen LogP contribution >= 0.6 is 12.4 Å². The Bertz CT molecular complexity index is 1530. The van der Waals surface area contributed by atoms with Gasteiger partial charge in [-0.15, -0.1) is 12.4 Å². The van der Waals surface area contributed by atoms with Crippen LogP contribution in [-0.4, -0.2) is 64.0 Å². The van der Waals surface area contributed by atoms with Gasteiger partial charge in [-0.05, 0) is 37.3 Å². The van der Waals surface area contributed by atoms with Crippen molar-refractivity contribution in [2.24, 2.45) is 0 Å². The number of alkyl halides is 6. The summed E-state index contributed by atoms with van der Waals surface area (Å²) in [7, 11) is 0. The Morgan fingerprint density at radius 3 is 2.48 bits per heavy atom. The number of ether oxygens (including phenoxy) is 1. The van der Waals surface area contributed by atoms with E-state index in [-0.39, 0.29) is 49.6 Å². The third-order valence-corrected chi connectivity index (χ3v) is 6.55. The fraction of sp³-hybridized carbons (Fsp3) is 0.370. The van der Waals surface area contributed by atoms with E-state index in [0.29, 0.717) is 37.0 Å². The van der Waals surface area contributed by atoms with Crippen LogP contribution in [0.5, 0.6) is 5.75 Å². The first-order valence-corrected chi connectivity index (χ1v) is 12.3. The maximum Gasteiger partial charge on any atom is 0.425 e. The minimum absolute atomic E-state index is 0. The van der Waals surface area contributed by atoms with Crippen LogP contribution in [0.3, 0.4) is 0 Å². The fourth-order valence-corrected chi connectivity index (χ4v) is 4.41. The molecule has 8 nitrogen and oxygen atoms in total. The van der Waals surface area contributed by atoms with Crippen molar-refractivity contribution < 1.29 is 40.4 Å². The lowest BCUT2D eigenvalue weighted by atomic mass is 10.1. The highest BCUT2D eigenvalue weighted by Crippen LogP contribution is 2.40. The van der Waals surface area contributed by atoms with Gasteiger partial charge in [0.25, 0.3) is 5.89 Å². The molecule has 4 aromatic rings. The van der Waals surface area contributed by atoms with Crippen molar-refractivity contribution >= 4 is 29.2 Å². The van der Waals surface area contributed by atoms with Crippen molar-refractivity contribution in [3.8, 4) is 28.6 Å². The SMILES string of the molecule is C.C[C@H](Oc1ccc(-c2nc(-c3cccc4c3ccn4CC(=O)N3CCNCC3)no2)cc1C(F)(F)F)C(F)(F)F.Cl. The van der Waals surface area contributed by atoms with Gasteiger partial charge in [-0.25, -0.2) is 0 Å². The van der Waals surface area contributed by atoms with Gasteiger partial charge in [0, 0.05) is 54.4 Å². The normalized spacial score (nSPS) is 14.7. The van der Waals surface area contributed by atoms with E-state index < -0.39 is 29.8 Å². The predicted molar refractivity (Wildman–Crippen MR) is 145 cm³/mol. The van der Waals surface area contributed by atoms with E-state index in [0.717, 1.165) is 30.7 Å². The van der Waals surface area contributed by atoms with Gasteiger partial charge in [-0.3, -0.25) is 4.79 Å². The summed E-state index contributed by atoms with van der Waals surface area (Å²) in [5, 5.41) is 7.81. The Morgan fingerprint density at radius 2 is 1.81 bits per heavy atom. The fourth-order valence-electron chi connectivity index (χ4n) is 4.41. The zero-order valence-electron chi connectivity index (χ0n) is 21.4. The largest absolute Gasteiger partial charge is 0.481 e. The Balaban J connectivity index is 0.00000242. The van der Waals surface area contributed by atoms with Crippen molar-refractivity contribution in [3.63, 3.8) is 0 Å². The number of nitrogens with one attached hydrogen (secondary N) is 1. The Kier molecular flexibility index (Phi) is 9.83. The van der Waals surface area contributed by atoms with E-state index in [1.165, 1.54) is 0 Å². The van der Waals surface area contributed by atoms with Crippen LogP contribution in [-0.2, 0) is 17.5 Å². The van der Waals surface area contributed by atoms with Gasteiger partial charge in [-0.2, -0.15) is 31.3 Å². The van der Waals surface area contributed by atoms with Crippen molar-refractivity contribution in [1.82, 2.24) is 24.9 Å². The number of aromatic nitrogens is 3. The number of benzene rings is 2. The number of carbonyl (C=O) groups excluding carboxylic acids is 1. The van der Waals surface area contributed by atoms with Crippen molar-refractivity contribution in [2.75, 3.05) is 26.2 Å². The molecule has 1 amide bonds. The summed E-state index contributed by atoms with van der Waals surface area (Å²) in [6, 6.07) is 9.55. The second-order valence-electron chi connectivity index (χ2n) is 9.25. The summed E-state index contributed by atoms with van der Waals surface area (Å²) >= 11 is 0. The van der Waals surface area contributed by atoms with E-state index in [9.17, 15) is 31.1 Å². The molecule has 1 aliphatic heterocycles. The summed E-state index contributed by atoms with van der Waals surface area (Å²) in [6.45, 7) is 3.46. The third kappa shape index (κ3) is 6.81. The number of hydrogen-bond donors (Lipinski definition) is 1. The van der Waals surface area contributed by atoms with Crippen LogP contribution < -0.4 is 10.1 Å². The molecular formula is C27H28ClF6N5O3. The standard InChI is InChI=1S/C26H23F6N5O3.CH4.ClH/c1-15(25(27,28)29)39-21-6-5-16(13-19(21)26(30,31)32)24-34-23(35-40-24)18-3-2-4-20-17(18)7-10-37(20)14-22(38)36-11-8-33-9-12-36;;/h2-7,10,13,15,33H,8-9,11-12,14H2,1H3;1H4;1H/t15-;;/m0../s1. The highest BCUT2D eigenvalue weighted by Gasteiger charge is 2.41. The van der Waals surface area contributed by atoms with E-state index in [1.807, 2.05) is 6.07 Å². The summed E-state index contributed by atoms with van der Waals surface area (Å²) in [5.41, 5.74) is -0.304. The van der Waals surface area contributed by atoms with Gasteiger partial charge in [0.2, 0.25) is 11.7 Å². The minimum Gasteiger partial charge on any atom is -0.481 e. The summed E-state index contributed by atoms with van der Waals surface area (Å²) in [6.07, 6.45) is -10.5. The molecule has 15 heteroatoms. The maximum absolute atomic E-state index is 13.7. The van der Waals surface area contributed by atoms with Crippen LogP contribution in [0, 0.1) is 0 Å². The van der Waals surface area contributed by atoms with E-state index in [1.54, 1.807) is 33.9 Å². The molecule has 0 bridgehead atoms. The summed E-state index contributed by atoms with van der Waals surface area (Å²) in [5.74, 6) is -1.17. The highest BCUT2D eigenvalue weighted by atomic mass is 35.5. The molecule has 0 radical (unpaired) electrons. The van der Waals surface area contributed by atoms with Crippen molar-refractivity contribution in [2.45, 2.75) is 39.4 Å². The molecule has 2 aromatic heterocycles. The van der Waals surface area contributed by atoms with Crippen LogP contribution in [0.15, 0.2) is 53.2 Å². The number of rotatable bonds is 6. The lowest BCUT2D eigenvalue weighted by Gasteiger charge is -2.27. The molecule has 1 aliphatic rings. The smallest absolute Gasteiger partial charge is 0.425 e. The molecule has 0 saturated carbocycles. The first-order chi connectivity index (χ1) is 18.9. The third-order valence-electron chi connectivity index (χ3n) is 6.55. The zero-order valence-corrected chi connectivity index (χ0v) is 22.2. The van der Waals surface area contributed by atoms with Gasteiger partial charge in [-0.1, -0.05) is 24.7 Å². The predicted octanol–water partition coefficient (Wildman–Crippen LogP) is 6.20. The molecule has 1 saturated heterocycles. The molecule has 0 spiro atoms. The molecule has 5 rings (SSSR count). The average molecular weight is 620 g/mol. The molecule has 3 heterocycles. The maximum atomic E-state index is 13.7. The zero-order chi connectivity index (χ0) is 28.7. The highest BCUT2D eigenvalue weighted by molar-refractivity contribution is 5.94. The first kappa shape index (κ1) is 32.7. The number of piperazine rings is 1.